The number of carbonyl (C=O) groups excluding carboxylic acids is 2. The van der Waals surface area contributed by atoms with Crippen molar-refractivity contribution in [3.05, 3.63) is 12.2 Å². The number of ether oxygens (including phenoxy) is 2. The van der Waals surface area contributed by atoms with Crippen LogP contribution in [0, 0.1) is 5.92 Å². The fraction of sp³-hybridized carbons (Fsp3) is 0.600. The molecule has 0 radical (unpaired) electrons. The van der Waals surface area contributed by atoms with Gasteiger partial charge in [-0.25, -0.2) is 0 Å². The maximum Gasteiger partial charge on any atom is 0.303 e. The first kappa shape index (κ1) is 10.8. The number of carbonyl (C=O) groups is 2. The van der Waals surface area contributed by atoms with Gasteiger partial charge < -0.3 is 9.47 Å². The molecule has 0 saturated carbocycles. The maximum absolute atomic E-state index is 10.6. The first-order chi connectivity index (χ1) is 6.58. The smallest absolute Gasteiger partial charge is 0.303 e. The van der Waals surface area contributed by atoms with Gasteiger partial charge in [0.05, 0.1) is 6.61 Å². The van der Waals surface area contributed by atoms with Gasteiger partial charge in [0.1, 0.15) is 6.10 Å². The van der Waals surface area contributed by atoms with E-state index in [0.717, 1.165) is 0 Å². The molecule has 0 aromatic heterocycles. The third kappa shape index (κ3) is 3.60. The van der Waals surface area contributed by atoms with Crippen LogP contribution in [0.1, 0.15) is 20.3 Å². The Morgan fingerprint density at radius 2 is 2.00 bits per heavy atom. The van der Waals surface area contributed by atoms with Crippen LogP contribution in [-0.2, 0) is 19.1 Å². The van der Waals surface area contributed by atoms with Crippen molar-refractivity contribution < 1.29 is 19.1 Å². The topological polar surface area (TPSA) is 52.6 Å². The highest BCUT2D eigenvalue weighted by Crippen LogP contribution is 2.20. The van der Waals surface area contributed by atoms with Gasteiger partial charge in [-0.3, -0.25) is 9.59 Å². The van der Waals surface area contributed by atoms with Crippen LogP contribution in [-0.4, -0.2) is 24.6 Å². The lowest BCUT2D eigenvalue weighted by atomic mass is 10.1. The fourth-order valence-electron chi connectivity index (χ4n) is 1.39. The third-order valence-electron chi connectivity index (χ3n) is 1.95. The van der Waals surface area contributed by atoms with Gasteiger partial charge in [-0.05, 0) is 12.5 Å². The van der Waals surface area contributed by atoms with Gasteiger partial charge in [0.25, 0.3) is 0 Å². The van der Waals surface area contributed by atoms with Gasteiger partial charge in [-0.2, -0.15) is 0 Å². The van der Waals surface area contributed by atoms with Crippen LogP contribution in [0.25, 0.3) is 0 Å². The van der Waals surface area contributed by atoms with Crippen molar-refractivity contribution in [1.29, 1.82) is 0 Å². The summed E-state index contributed by atoms with van der Waals surface area (Å²) in [6.45, 7) is 3.12. The molecular formula is C10H14O4. The zero-order valence-corrected chi connectivity index (χ0v) is 8.36. The molecule has 14 heavy (non-hydrogen) atoms. The molecular weight excluding hydrogens is 184 g/mol. The van der Waals surface area contributed by atoms with Crippen LogP contribution < -0.4 is 0 Å². The molecule has 2 atom stereocenters. The molecule has 0 saturated heterocycles. The molecule has 0 heterocycles. The van der Waals surface area contributed by atoms with Crippen molar-refractivity contribution in [3.8, 4) is 0 Å². The predicted octanol–water partition coefficient (Wildman–Crippen LogP) is 1.06. The third-order valence-corrected chi connectivity index (χ3v) is 1.95. The van der Waals surface area contributed by atoms with Crippen molar-refractivity contribution in [2.45, 2.75) is 26.4 Å². The average molecular weight is 198 g/mol. The summed E-state index contributed by atoms with van der Waals surface area (Å²) >= 11 is 0. The van der Waals surface area contributed by atoms with Crippen LogP contribution in [0.3, 0.4) is 0 Å². The van der Waals surface area contributed by atoms with Gasteiger partial charge in [0.2, 0.25) is 0 Å². The molecule has 0 aromatic rings. The number of hydrogen-bond acceptors (Lipinski definition) is 4. The predicted molar refractivity (Wildman–Crippen MR) is 49.4 cm³/mol. The second kappa shape index (κ2) is 4.79. The second-order valence-corrected chi connectivity index (χ2v) is 3.33. The van der Waals surface area contributed by atoms with Gasteiger partial charge in [-0.1, -0.05) is 6.08 Å². The Labute approximate surface area is 82.9 Å². The molecule has 4 nitrogen and oxygen atoms in total. The fourth-order valence-corrected chi connectivity index (χ4v) is 1.39. The highest BCUT2D eigenvalue weighted by molar-refractivity contribution is 5.66. The van der Waals surface area contributed by atoms with Gasteiger partial charge >= 0.3 is 11.9 Å². The van der Waals surface area contributed by atoms with Crippen molar-refractivity contribution >= 4 is 11.9 Å². The van der Waals surface area contributed by atoms with E-state index in [4.69, 9.17) is 9.47 Å². The average Bonchev–Trinajstić information content (AvgIpc) is 2.47. The summed E-state index contributed by atoms with van der Waals surface area (Å²) in [5.74, 6) is -0.398. The number of hydrogen-bond donors (Lipinski definition) is 0. The molecule has 78 valence electrons. The summed E-state index contributed by atoms with van der Waals surface area (Å²) in [5.41, 5.74) is 0. The molecule has 0 spiro atoms. The van der Waals surface area contributed by atoms with E-state index in [9.17, 15) is 9.59 Å². The lowest BCUT2D eigenvalue weighted by Crippen LogP contribution is -2.15. The zero-order valence-electron chi connectivity index (χ0n) is 8.36. The molecule has 0 aliphatic heterocycles. The maximum atomic E-state index is 10.6. The molecule has 0 amide bonds. The Balaban J connectivity index is 2.25. The molecule has 0 bridgehead atoms. The monoisotopic (exact) mass is 198 g/mol. The minimum atomic E-state index is -0.284. The van der Waals surface area contributed by atoms with Crippen LogP contribution >= 0.6 is 0 Å². The highest BCUT2D eigenvalue weighted by atomic mass is 16.5. The van der Waals surface area contributed by atoms with E-state index in [2.05, 4.69) is 0 Å². The van der Waals surface area contributed by atoms with E-state index in [1.54, 1.807) is 0 Å². The van der Waals surface area contributed by atoms with Gasteiger partial charge in [0, 0.05) is 19.8 Å². The first-order valence-electron chi connectivity index (χ1n) is 4.57. The number of rotatable bonds is 3. The van der Waals surface area contributed by atoms with Crippen LogP contribution in [0.2, 0.25) is 0 Å². The van der Waals surface area contributed by atoms with Crippen molar-refractivity contribution in [1.82, 2.24) is 0 Å². The standard InChI is InChI=1S/C10H14O4/c1-7(11)13-6-9-3-4-10(5-9)14-8(2)12/h3-4,9-10H,5-6H2,1-2H3. The Hall–Kier alpha value is -1.32. The minimum absolute atomic E-state index is 0.159. The van der Waals surface area contributed by atoms with Crippen molar-refractivity contribution in [2.75, 3.05) is 6.61 Å². The summed E-state index contributed by atoms with van der Waals surface area (Å²) in [6.07, 6.45) is 4.28. The summed E-state index contributed by atoms with van der Waals surface area (Å²) in [7, 11) is 0. The molecule has 1 aliphatic carbocycles. The van der Waals surface area contributed by atoms with Crippen LogP contribution in [0.15, 0.2) is 12.2 Å². The Kier molecular flexibility index (Phi) is 3.68. The highest BCUT2D eigenvalue weighted by Gasteiger charge is 2.21. The largest absolute Gasteiger partial charge is 0.465 e. The van der Waals surface area contributed by atoms with E-state index in [1.807, 2.05) is 12.2 Å². The van der Waals surface area contributed by atoms with E-state index < -0.39 is 0 Å². The van der Waals surface area contributed by atoms with Crippen LogP contribution in [0.4, 0.5) is 0 Å². The first-order valence-corrected chi connectivity index (χ1v) is 4.57. The summed E-state index contributed by atoms with van der Waals surface area (Å²) in [4.78, 5) is 21.2. The number of esters is 2. The summed E-state index contributed by atoms with van der Waals surface area (Å²) in [6, 6.07) is 0. The molecule has 4 heteroatoms. The Bertz CT molecular complexity index is 257. The van der Waals surface area contributed by atoms with Gasteiger partial charge in [-0.15, -0.1) is 0 Å². The Morgan fingerprint density at radius 3 is 2.57 bits per heavy atom. The lowest BCUT2D eigenvalue weighted by molar-refractivity contribution is -0.146. The normalized spacial score (nSPS) is 24.7. The molecule has 2 unspecified atom stereocenters. The van der Waals surface area contributed by atoms with E-state index in [0.29, 0.717) is 13.0 Å². The minimum Gasteiger partial charge on any atom is -0.465 e. The summed E-state index contributed by atoms with van der Waals surface area (Å²) in [5, 5.41) is 0. The molecule has 1 aliphatic rings. The lowest BCUT2D eigenvalue weighted by Gasteiger charge is -2.11. The molecule has 1 rings (SSSR count). The van der Waals surface area contributed by atoms with E-state index >= 15 is 0 Å². The van der Waals surface area contributed by atoms with E-state index in [-0.39, 0.29) is 24.0 Å². The van der Waals surface area contributed by atoms with E-state index in [1.165, 1.54) is 13.8 Å². The zero-order chi connectivity index (χ0) is 10.6. The molecule has 0 aromatic carbocycles. The SMILES string of the molecule is CC(=O)OCC1C=CC(OC(C)=O)C1. The summed E-state index contributed by atoms with van der Waals surface area (Å²) < 4.78 is 9.83. The quantitative estimate of drug-likeness (QED) is 0.502. The van der Waals surface area contributed by atoms with Crippen LogP contribution in [0.5, 0.6) is 0 Å². The van der Waals surface area contributed by atoms with Crippen molar-refractivity contribution in [2.24, 2.45) is 5.92 Å². The Morgan fingerprint density at radius 1 is 1.29 bits per heavy atom. The molecule has 0 fully saturated rings. The molecule has 0 N–H and O–H groups in total. The van der Waals surface area contributed by atoms with Crippen molar-refractivity contribution in [3.63, 3.8) is 0 Å². The second-order valence-electron chi connectivity index (χ2n) is 3.33. The van der Waals surface area contributed by atoms with Gasteiger partial charge in [0.15, 0.2) is 0 Å².